The molecule has 1 saturated heterocycles. The number of aliphatic hydroxyl groups excluding tert-OH is 1. The largest absolute Gasteiger partial charge is 0.391 e. The van der Waals surface area contributed by atoms with Gasteiger partial charge in [0.1, 0.15) is 0 Å². The van der Waals surface area contributed by atoms with E-state index in [9.17, 15) is 20.0 Å². The van der Waals surface area contributed by atoms with Crippen LogP contribution in [0, 0.1) is 24.0 Å². The van der Waals surface area contributed by atoms with Crippen LogP contribution in [0.5, 0.6) is 0 Å². The number of aryl methyl sites for hydroxylation is 2. The van der Waals surface area contributed by atoms with E-state index < -0.39 is 11.0 Å². The van der Waals surface area contributed by atoms with Crippen LogP contribution in [-0.2, 0) is 4.79 Å². The molecule has 1 N–H and O–H groups in total. The number of carbonyl (C=O) groups excluding carboxylic acids is 1. The van der Waals surface area contributed by atoms with Crippen LogP contribution in [0.4, 0.5) is 11.4 Å². The number of nitro groups is 1. The minimum absolute atomic E-state index is 0.0148. The van der Waals surface area contributed by atoms with Crippen molar-refractivity contribution in [3.05, 3.63) is 33.4 Å². The Kier molecular flexibility index (Phi) is 3.04. The molecule has 6 nitrogen and oxygen atoms in total. The number of benzene rings is 1. The van der Waals surface area contributed by atoms with Crippen molar-refractivity contribution in [1.29, 1.82) is 0 Å². The molecule has 1 atom stereocenters. The average molecular weight is 250 g/mol. The zero-order chi connectivity index (χ0) is 13.4. The first-order valence-electron chi connectivity index (χ1n) is 5.64. The van der Waals surface area contributed by atoms with Gasteiger partial charge in [0.15, 0.2) is 0 Å². The highest BCUT2D eigenvalue weighted by molar-refractivity contribution is 5.97. The third-order valence-electron chi connectivity index (χ3n) is 3.06. The van der Waals surface area contributed by atoms with Gasteiger partial charge in [0.2, 0.25) is 5.91 Å². The molecule has 1 unspecified atom stereocenters. The minimum atomic E-state index is -0.661. The van der Waals surface area contributed by atoms with Crippen molar-refractivity contribution in [3.8, 4) is 0 Å². The van der Waals surface area contributed by atoms with E-state index in [1.54, 1.807) is 13.8 Å². The predicted octanol–water partition coefficient (Wildman–Crippen LogP) is 1.31. The van der Waals surface area contributed by atoms with Gasteiger partial charge in [-0.15, -0.1) is 0 Å². The Morgan fingerprint density at radius 1 is 1.39 bits per heavy atom. The lowest BCUT2D eigenvalue weighted by atomic mass is 10.1. The molecule has 0 aromatic heterocycles. The number of amides is 1. The van der Waals surface area contributed by atoms with Crippen molar-refractivity contribution < 1.29 is 14.8 Å². The Morgan fingerprint density at radius 3 is 2.33 bits per heavy atom. The fourth-order valence-corrected chi connectivity index (χ4v) is 2.37. The second-order valence-electron chi connectivity index (χ2n) is 4.55. The highest BCUT2D eigenvalue weighted by Gasteiger charge is 2.31. The number of carbonyl (C=O) groups is 1. The second kappa shape index (κ2) is 4.38. The maximum Gasteiger partial charge on any atom is 0.270 e. The van der Waals surface area contributed by atoms with Gasteiger partial charge >= 0.3 is 0 Å². The van der Waals surface area contributed by atoms with E-state index in [1.807, 2.05) is 0 Å². The number of hydrogen-bond acceptors (Lipinski definition) is 4. The number of β-amino-alcohol motifs (C(OH)–C–C–N with tert-alkyl or cyclic N) is 1. The van der Waals surface area contributed by atoms with Crippen molar-refractivity contribution in [2.45, 2.75) is 26.4 Å². The van der Waals surface area contributed by atoms with Crippen molar-refractivity contribution in [1.82, 2.24) is 0 Å². The van der Waals surface area contributed by atoms with E-state index in [4.69, 9.17) is 0 Å². The standard InChI is InChI=1S/C12H14N2O4/c1-7-3-9(14(17)18)4-8(2)12(7)13-6-10(15)5-11(13)16/h3-4,10,15H,5-6H2,1-2H3. The van der Waals surface area contributed by atoms with Crippen molar-refractivity contribution in [3.63, 3.8) is 0 Å². The van der Waals surface area contributed by atoms with Gasteiger partial charge in [-0.3, -0.25) is 14.9 Å². The molecule has 0 radical (unpaired) electrons. The molecule has 0 spiro atoms. The average Bonchev–Trinajstić information content (AvgIpc) is 2.56. The summed E-state index contributed by atoms with van der Waals surface area (Å²) in [4.78, 5) is 23.5. The molecule has 1 aliphatic rings. The SMILES string of the molecule is Cc1cc([N+](=O)[O-])cc(C)c1N1CC(O)CC1=O. The van der Waals surface area contributed by atoms with Crippen LogP contribution in [0.1, 0.15) is 17.5 Å². The summed E-state index contributed by atoms with van der Waals surface area (Å²) >= 11 is 0. The van der Waals surface area contributed by atoms with E-state index >= 15 is 0 Å². The van der Waals surface area contributed by atoms with E-state index in [2.05, 4.69) is 0 Å². The maximum absolute atomic E-state index is 11.7. The van der Waals surface area contributed by atoms with Crippen LogP contribution in [0.25, 0.3) is 0 Å². The maximum atomic E-state index is 11.7. The molecule has 1 amide bonds. The Bertz CT molecular complexity index is 504. The monoisotopic (exact) mass is 250 g/mol. The summed E-state index contributed by atoms with van der Waals surface area (Å²) in [6.45, 7) is 3.71. The van der Waals surface area contributed by atoms with Crippen LogP contribution < -0.4 is 4.90 Å². The molecule has 0 bridgehead atoms. The van der Waals surface area contributed by atoms with Crippen LogP contribution in [0.2, 0.25) is 0 Å². The summed E-state index contributed by atoms with van der Waals surface area (Å²) in [5, 5.41) is 20.2. The summed E-state index contributed by atoms with van der Waals surface area (Å²) in [6, 6.07) is 2.89. The summed E-state index contributed by atoms with van der Waals surface area (Å²) < 4.78 is 0. The smallest absolute Gasteiger partial charge is 0.270 e. The lowest BCUT2D eigenvalue weighted by Crippen LogP contribution is -2.26. The van der Waals surface area contributed by atoms with Gasteiger partial charge in [0, 0.05) is 12.1 Å². The van der Waals surface area contributed by atoms with Crippen LogP contribution in [-0.4, -0.2) is 28.6 Å². The Morgan fingerprint density at radius 2 is 1.94 bits per heavy atom. The van der Waals surface area contributed by atoms with Crippen LogP contribution in [0.15, 0.2) is 12.1 Å². The molecule has 96 valence electrons. The first-order valence-corrected chi connectivity index (χ1v) is 5.64. The van der Waals surface area contributed by atoms with Gasteiger partial charge in [0.25, 0.3) is 5.69 Å². The van der Waals surface area contributed by atoms with E-state index in [1.165, 1.54) is 17.0 Å². The fourth-order valence-electron chi connectivity index (χ4n) is 2.37. The molecule has 2 rings (SSSR count). The molecule has 1 fully saturated rings. The van der Waals surface area contributed by atoms with Crippen LogP contribution in [0.3, 0.4) is 0 Å². The quantitative estimate of drug-likeness (QED) is 0.633. The second-order valence-corrected chi connectivity index (χ2v) is 4.55. The molecular formula is C12H14N2O4. The lowest BCUT2D eigenvalue weighted by Gasteiger charge is -2.20. The minimum Gasteiger partial charge on any atom is -0.391 e. The normalized spacial score (nSPS) is 19.4. The van der Waals surface area contributed by atoms with Gasteiger partial charge in [-0.2, -0.15) is 0 Å². The van der Waals surface area contributed by atoms with E-state index in [-0.39, 0.29) is 24.6 Å². The summed E-state index contributed by atoms with van der Waals surface area (Å²) in [5.74, 6) is -0.150. The van der Waals surface area contributed by atoms with Crippen molar-refractivity contribution in [2.24, 2.45) is 0 Å². The number of nitrogens with zero attached hydrogens (tertiary/aromatic N) is 2. The van der Waals surface area contributed by atoms with Crippen molar-refractivity contribution in [2.75, 3.05) is 11.4 Å². The van der Waals surface area contributed by atoms with E-state index in [0.717, 1.165) is 0 Å². The highest BCUT2D eigenvalue weighted by Crippen LogP contribution is 2.32. The Balaban J connectivity index is 2.46. The molecule has 6 heteroatoms. The molecule has 1 aromatic rings. The number of hydrogen-bond donors (Lipinski definition) is 1. The number of nitro benzene ring substituents is 1. The van der Waals surface area contributed by atoms with Gasteiger partial charge < -0.3 is 10.0 Å². The Labute approximate surface area is 104 Å². The molecule has 18 heavy (non-hydrogen) atoms. The third-order valence-corrected chi connectivity index (χ3v) is 3.06. The number of aliphatic hydroxyl groups is 1. The summed E-state index contributed by atoms with van der Waals surface area (Å²) in [7, 11) is 0. The van der Waals surface area contributed by atoms with Crippen molar-refractivity contribution >= 4 is 17.3 Å². The number of anilines is 1. The molecule has 0 saturated carbocycles. The predicted molar refractivity (Wildman–Crippen MR) is 65.5 cm³/mol. The molecule has 1 aromatic carbocycles. The Hall–Kier alpha value is -1.95. The zero-order valence-electron chi connectivity index (χ0n) is 10.2. The van der Waals surface area contributed by atoms with Gasteiger partial charge in [-0.25, -0.2) is 0 Å². The summed E-state index contributed by atoms with van der Waals surface area (Å²) in [5.41, 5.74) is 2.02. The summed E-state index contributed by atoms with van der Waals surface area (Å²) in [6.07, 6.45) is -0.554. The molecule has 1 heterocycles. The topological polar surface area (TPSA) is 83.7 Å². The lowest BCUT2D eigenvalue weighted by molar-refractivity contribution is -0.384. The van der Waals surface area contributed by atoms with Gasteiger partial charge in [-0.1, -0.05) is 0 Å². The van der Waals surface area contributed by atoms with E-state index in [0.29, 0.717) is 16.8 Å². The zero-order valence-corrected chi connectivity index (χ0v) is 10.2. The molecular weight excluding hydrogens is 236 g/mol. The number of non-ortho nitro benzene ring substituents is 1. The van der Waals surface area contributed by atoms with Gasteiger partial charge in [-0.05, 0) is 25.0 Å². The van der Waals surface area contributed by atoms with Crippen LogP contribution >= 0.6 is 0 Å². The highest BCUT2D eigenvalue weighted by atomic mass is 16.6. The first kappa shape index (κ1) is 12.5. The first-order chi connectivity index (χ1) is 8.40. The van der Waals surface area contributed by atoms with Gasteiger partial charge in [0.05, 0.1) is 29.7 Å². The number of rotatable bonds is 2. The molecule has 0 aliphatic carbocycles. The fraction of sp³-hybridized carbons (Fsp3) is 0.417. The molecule has 1 aliphatic heterocycles. The third kappa shape index (κ3) is 2.06.